The van der Waals surface area contributed by atoms with Gasteiger partial charge in [-0.05, 0) is 54.7 Å². The fraction of sp³-hybridized carbons (Fsp3) is 0.655. The zero-order chi connectivity index (χ0) is 29.7. The lowest BCUT2D eigenvalue weighted by Crippen LogP contribution is -2.75. The van der Waals surface area contributed by atoms with Gasteiger partial charge < -0.3 is 25.3 Å². The van der Waals surface area contributed by atoms with Crippen LogP contribution in [0.1, 0.15) is 66.4 Å². The van der Waals surface area contributed by atoms with E-state index in [1.165, 1.54) is 21.9 Å². The number of hydrogen-bond donors (Lipinski definition) is 3. The Morgan fingerprint density at radius 3 is 2.20 bits per heavy atom. The number of nitrogens with one attached hydrogen (secondary N) is 1. The number of carbonyl (C=O) groups is 4. The van der Waals surface area contributed by atoms with Crippen molar-refractivity contribution in [2.45, 2.75) is 91.6 Å². The van der Waals surface area contributed by atoms with E-state index in [0.29, 0.717) is 24.4 Å². The van der Waals surface area contributed by atoms with E-state index in [4.69, 9.17) is 4.84 Å². The minimum Gasteiger partial charge on any atom is -0.508 e. The van der Waals surface area contributed by atoms with Crippen molar-refractivity contribution in [2.75, 3.05) is 13.1 Å². The molecule has 2 aliphatic rings. The van der Waals surface area contributed by atoms with Crippen molar-refractivity contribution in [2.24, 2.45) is 17.8 Å². The van der Waals surface area contributed by atoms with Crippen LogP contribution in [0.15, 0.2) is 24.3 Å². The Morgan fingerprint density at radius 2 is 1.65 bits per heavy atom. The number of rotatable bonds is 11. The summed E-state index contributed by atoms with van der Waals surface area (Å²) in [5, 5.41) is 23.6. The zero-order valence-electron chi connectivity index (χ0n) is 24.4. The maximum Gasteiger partial charge on any atom is 0.433 e. The van der Waals surface area contributed by atoms with Crippen LogP contribution in [0.3, 0.4) is 0 Å². The predicted molar refractivity (Wildman–Crippen MR) is 148 cm³/mol. The molecular formula is C29H44N4O7. The largest absolute Gasteiger partial charge is 0.508 e. The Hall–Kier alpha value is -3.34. The molecule has 0 aliphatic carbocycles. The molecule has 2 fully saturated rings. The van der Waals surface area contributed by atoms with E-state index in [0.717, 1.165) is 11.5 Å². The summed E-state index contributed by atoms with van der Waals surface area (Å²) in [7, 11) is 0. The van der Waals surface area contributed by atoms with Crippen molar-refractivity contribution in [1.29, 1.82) is 0 Å². The average molecular weight is 561 g/mol. The number of phenols is 1. The van der Waals surface area contributed by atoms with Gasteiger partial charge in [-0.25, -0.2) is 4.79 Å². The van der Waals surface area contributed by atoms with E-state index in [1.54, 1.807) is 12.1 Å². The SMILES string of the molecule is CC(C)CCNC(=O)[C@H](CC(C)C)N1CC2N(C(=O)O)OC(CC(C)C)C(=O)N2C(Cc2ccc(O)cc2)C1=O. The third kappa shape index (κ3) is 7.44. The van der Waals surface area contributed by atoms with Gasteiger partial charge in [-0.1, -0.05) is 53.7 Å². The first-order chi connectivity index (χ1) is 18.8. The summed E-state index contributed by atoms with van der Waals surface area (Å²) < 4.78 is 0. The molecule has 4 amide bonds. The van der Waals surface area contributed by atoms with Gasteiger partial charge in [0, 0.05) is 13.0 Å². The minimum absolute atomic E-state index is 0.0404. The Morgan fingerprint density at radius 1 is 1.00 bits per heavy atom. The maximum absolute atomic E-state index is 14.2. The molecule has 3 rings (SSSR count). The lowest BCUT2D eigenvalue weighted by Gasteiger charge is -2.53. The van der Waals surface area contributed by atoms with Crippen LogP contribution in [-0.4, -0.2) is 86.3 Å². The number of piperazine rings is 1. The Kier molecular flexibility index (Phi) is 10.4. The smallest absolute Gasteiger partial charge is 0.433 e. The van der Waals surface area contributed by atoms with Gasteiger partial charge in [0.05, 0.1) is 6.54 Å². The van der Waals surface area contributed by atoms with Gasteiger partial charge in [-0.15, -0.1) is 0 Å². The van der Waals surface area contributed by atoms with Gasteiger partial charge in [-0.2, -0.15) is 5.06 Å². The number of carbonyl (C=O) groups excluding carboxylic acids is 3. The minimum atomic E-state index is -1.38. The summed E-state index contributed by atoms with van der Waals surface area (Å²) in [5.74, 6) is -0.618. The molecule has 0 saturated carbocycles. The van der Waals surface area contributed by atoms with Crippen LogP contribution in [0.25, 0.3) is 0 Å². The lowest BCUT2D eigenvalue weighted by molar-refractivity contribution is -0.267. The van der Waals surface area contributed by atoms with Crippen molar-refractivity contribution in [3.05, 3.63) is 29.8 Å². The van der Waals surface area contributed by atoms with E-state index in [2.05, 4.69) is 19.2 Å². The number of phenolic OH excluding ortho intramolecular Hbond substituents is 1. The van der Waals surface area contributed by atoms with E-state index >= 15 is 0 Å². The van der Waals surface area contributed by atoms with Gasteiger partial charge in [0.1, 0.15) is 17.8 Å². The van der Waals surface area contributed by atoms with Crippen LogP contribution in [0, 0.1) is 17.8 Å². The first-order valence-corrected chi connectivity index (χ1v) is 14.2. The molecule has 3 unspecified atom stereocenters. The number of amides is 4. The summed E-state index contributed by atoms with van der Waals surface area (Å²) >= 11 is 0. The van der Waals surface area contributed by atoms with Crippen molar-refractivity contribution in [1.82, 2.24) is 20.2 Å². The number of nitrogens with zero attached hydrogens (tertiary/aromatic N) is 3. The molecule has 1 aromatic rings. The molecule has 40 heavy (non-hydrogen) atoms. The maximum atomic E-state index is 14.2. The molecule has 11 nitrogen and oxygen atoms in total. The Labute approximate surface area is 236 Å². The molecule has 1 aromatic carbocycles. The Balaban J connectivity index is 2.04. The molecular weight excluding hydrogens is 516 g/mol. The normalized spacial score (nSPS) is 22.2. The van der Waals surface area contributed by atoms with Crippen LogP contribution < -0.4 is 5.32 Å². The molecule has 0 aromatic heterocycles. The van der Waals surface area contributed by atoms with E-state index in [-0.39, 0.29) is 42.9 Å². The molecule has 3 N–H and O–H groups in total. The Bertz CT molecular complexity index is 1060. The molecule has 0 radical (unpaired) electrons. The van der Waals surface area contributed by atoms with Crippen molar-refractivity contribution in [3.8, 4) is 5.75 Å². The average Bonchev–Trinajstić information content (AvgIpc) is 2.86. The monoisotopic (exact) mass is 560 g/mol. The second-order valence-electron chi connectivity index (χ2n) is 12.1. The van der Waals surface area contributed by atoms with Gasteiger partial charge in [0.15, 0.2) is 12.3 Å². The van der Waals surface area contributed by atoms with Crippen LogP contribution in [0.4, 0.5) is 4.79 Å². The van der Waals surface area contributed by atoms with Crippen LogP contribution >= 0.6 is 0 Å². The third-order valence-corrected chi connectivity index (χ3v) is 7.26. The topological polar surface area (TPSA) is 140 Å². The molecule has 2 saturated heterocycles. The van der Waals surface area contributed by atoms with Crippen LogP contribution in [0.2, 0.25) is 0 Å². The fourth-order valence-corrected chi connectivity index (χ4v) is 5.27. The highest BCUT2D eigenvalue weighted by Gasteiger charge is 2.54. The number of carboxylic acid groups (broad SMARTS) is 1. The second-order valence-corrected chi connectivity index (χ2v) is 12.1. The highest BCUT2D eigenvalue weighted by atomic mass is 16.7. The molecule has 0 bridgehead atoms. The number of hydrogen-bond acceptors (Lipinski definition) is 6. The quantitative estimate of drug-likeness (QED) is 0.378. The van der Waals surface area contributed by atoms with Crippen LogP contribution in [-0.2, 0) is 25.6 Å². The first kappa shape index (κ1) is 31.2. The fourth-order valence-electron chi connectivity index (χ4n) is 5.27. The first-order valence-electron chi connectivity index (χ1n) is 14.2. The second kappa shape index (κ2) is 13.3. The molecule has 11 heteroatoms. The van der Waals surface area contributed by atoms with Crippen LogP contribution in [0.5, 0.6) is 5.75 Å². The van der Waals surface area contributed by atoms with Gasteiger partial charge in [-0.3, -0.25) is 19.2 Å². The molecule has 2 heterocycles. The summed E-state index contributed by atoms with van der Waals surface area (Å²) in [4.78, 5) is 62.3. The third-order valence-electron chi connectivity index (χ3n) is 7.26. The number of fused-ring (bicyclic) bond motifs is 1. The van der Waals surface area contributed by atoms with E-state index in [9.17, 15) is 29.4 Å². The standard InChI is InChI=1S/C29H44N4O7/c1-17(2)11-12-30-26(35)22(13-18(3)4)31-16-25-32(23(27(31)36)15-20-7-9-21(34)10-8-20)28(37)24(14-19(5)6)40-33(25)29(38)39/h7-10,17-19,22-25,34H,11-16H2,1-6H3,(H,30,35)(H,38,39)/t22-,23?,24?,25?/m0/s1. The highest BCUT2D eigenvalue weighted by molar-refractivity contribution is 5.95. The summed E-state index contributed by atoms with van der Waals surface area (Å²) in [6.07, 6.45) is -2.04. The number of hydroxylamine groups is 2. The lowest BCUT2D eigenvalue weighted by atomic mass is 9.93. The van der Waals surface area contributed by atoms with Gasteiger partial charge in [0.2, 0.25) is 11.8 Å². The van der Waals surface area contributed by atoms with E-state index in [1.807, 2.05) is 27.7 Å². The van der Waals surface area contributed by atoms with Gasteiger partial charge in [0.25, 0.3) is 5.91 Å². The summed E-state index contributed by atoms with van der Waals surface area (Å²) in [5.41, 5.74) is 0.681. The highest BCUT2D eigenvalue weighted by Crippen LogP contribution is 2.33. The van der Waals surface area contributed by atoms with Crippen molar-refractivity contribution < 1.29 is 34.2 Å². The van der Waals surface area contributed by atoms with E-state index < -0.39 is 42.3 Å². The summed E-state index contributed by atoms with van der Waals surface area (Å²) in [6.45, 7) is 12.1. The molecule has 222 valence electrons. The predicted octanol–water partition coefficient (Wildman–Crippen LogP) is 3.22. The number of benzene rings is 1. The molecule has 2 aliphatic heterocycles. The number of aromatic hydroxyl groups is 1. The van der Waals surface area contributed by atoms with Gasteiger partial charge >= 0.3 is 6.09 Å². The molecule has 4 atom stereocenters. The van der Waals surface area contributed by atoms with Crippen molar-refractivity contribution >= 4 is 23.8 Å². The van der Waals surface area contributed by atoms with Crippen molar-refractivity contribution in [3.63, 3.8) is 0 Å². The summed E-state index contributed by atoms with van der Waals surface area (Å²) in [6, 6.07) is 4.40. The zero-order valence-corrected chi connectivity index (χ0v) is 24.4. The molecule has 0 spiro atoms.